The molecule has 1 saturated heterocycles. The molecule has 2 rings (SSSR count). The Bertz CT molecular complexity index is 561. The molecule has 1 unspecified atom stereocenters. The molecule has 5 nitrogen and oxygen atoms in total. The van der Waals surface area contributed by atoms with Gasteiger partial charge in [-0.25, -0.2) is 8.42 Å². The second-order valence-electron chi connectivity index (χ2n) is 4.46. The minimum Gasteiger partial charge on any atom is -0.395 e. The van der Waals surface area contributed by atoms with E-state index in [0.29, 0.717) is 6.61 Å². The lowest BCUT2D eigenvalue weighted by Gasteiger charge is -2.33. The number of nitrogens with zero attached hydrogens (tertiary/aromatic N) is 1. The Hall–Kier alpha value is -0.660. The summed E-state index contributed by atoms with van der Waals surface area (Å²) in [5, 5.41) is 9.46. The van der Waals surface area contributed by atoms with Crippen molar-refractivity contribution in [2.75, 3.05) is 26.4 Å². The van der Waals surface area contributed by atoms with E-state index in [4.69, 9.17) is 16.3 Å². The number of aliphatic hydroxyl groups is 1. The van der Waals surface area contributed by atoms with Crippen molar-refractivity contribution in [1.82, 2.24) is 4.31 Å². The summed E-state index contributed by atoms with van der Waals surface area (Å²) in [6.45, 7) is 2.30. The van der Waals surface area contributed by atoms with Gasteiger partial charge in [0.1, 0.15) is 4.90 Å². The van der Waals surface area contributed by atoms with Crippen LogP contribution in [0.3, 0.4) is 0 Å². The normalized spacial score (nSPS) is 21.5. The minimum absolute atomic E-state index is 0.0696. The number of hydrogen-bond acceptors (Lipinski definition) is 4. The van der Waals surface area contributed by atoms with Gasteiger partial charge in [-0.1, -0.05) is 17.7 Å². The average Bonchev–Trinajstić information content (AvgIpc) is 2.38. The zero-order chi connectivity index (χ0) is 14.0. The van der Waals surface area contributed by atoms with Crippen molar-refractivity contribution in [3.63, 3.8) is 0 Å². The van der Waals surface area contributed by atoms with Crippen molar-refractivity contribution >= 4 is 21.6 Å². The third kappa shape index (κ3) is 2.93. The van der Waals surface area contributed by atoms with Crippen molar-refractivity contribution in [3.8, 4) is 0 Å². The second kappa shape index (κ2) is 5.76. The molecule has 0 aliphatic carbocycles. The minimum atomic E-state index is -3.71. The van der Waals surface area contributed by atoms with Crippen molar-refractivity contribution in [2.45, 2.75) is 17.9 Å². The highest BCUT2D eigenvalue weighted by molar-refractivity contribution is 7.89. The van der Waals surface area contributed by atoms with Crippen molar-refractivity contribution in [1.29, 1.82) is 0 Å². The smallest absolute Gasteiger partial charge is 0.245 e. The van der Waals surface area contributed by atoms with Crippen LogP contribution in [0.4, 0.5) is 0 Å². The summed E-state index contributed by atoms with van der Waals surface area (Å²) in [6, 6.07) is 4.25. The fourth-order valence-electron chi connectivity index (χ4n) is 2.04. The van der Waals surface area contributed by atoms with Crippen LogP contribution in [-0.4, -0.2) is 50.2 Å². The van der Waals surface area contributed by atoms with E-state index in [1.54, 1.807) is 12.1 Å². The summed E-state index contributed by atoms with van der Waals surface area (Å²) in [5.74, 6) is 0. The van der Waals surface area contributed by atoms with Crippen molar-refractivity contribution in [2.24, 2.45) is 0 Å². The SMILES string of the molecule is Cc1ccc(S(=O)(=O)N2CCOCC2CO)c(Cl)c1. The molecule has 1 atom stereocenters. The first-order valence-electron chi connectivity index (χ1n) is 5.93. The molecule has 1 N–H and O–H groups in total. The molecule has 1 aromatic rings. The van der Waals surface area contributed by atoms with Gasteiger partial charge in [0.15, 0.2) is 0 Å². The number of aliphatic hydroxyl groups excluding tert-OH is 1. The maximum absolute atomic E-state index is 12.6. The molecule has 0 saturated carbocycles. The van der Waals surface area contributed by atoms with Crippen LogP contribution in [0.5, 0.6) is 0 Å². The second-order valence-corrected chi connectivity index (χ2v) is 6.73. The van der Waals surface area contributed by atoms with E-state index in [9.17, 15) is 13.5 Å². The van der Waals surface area contributed by atoms with Gasteiger partial charge in [-0.15, -0.1) is 0 Å². The fraction of sp³-hybridized carbons (Fsp3) is 0.500. The number of ether oxygens (including phenoxy) is 1. The third-order valence-corrected chi connectivity index (χ3v) is 5.49. The Balaban J connectivity index is 2.40. The Morgan fingerprint density at radius 3 is 2.89 bits per heavy atom. The molecule has 19 heavy (non-hydrogen) atoms. The topological polar surface area (TPSA) is 66.8 Å². The van der Waals surface area contributed by atoms with Gasteiger partial charge >= 0.3 is 0 Å². The number of aryl methyl sites for hydroxylation is 1. The van der Waals surface area contributed by atoms with Crippen LogP contribution < -0.4 is 0 Å². The van der Waals surface area contributed by atoms with E-state index in [0.717, 1.165) is 5.56 Å². The average molecular weight is 306 g/mol. The van der Waals surface area contributed by atoms with Crippen LogP contribution in [0.15, 0.2) is 23.1 Å². The van der Waals surface area contributed by atoms with E-state index in [2.05, 4.69) is 0 Å². The maximum atomic E-state index is 12.6. The molecule has 0 bridgehead atoms. The first-order valence-corrected chi connectivity index (χ1v) is 7.75. The van der Waals surface area contributed by atoms with Gasteiger partial charge < -0.3 is 9.84 Å². The zero-order valence-corrected chi connectivity index (χ0v) is 12.1. The highest BCUT2D eigenvalue weighted by atomic mass is 35.5. The molecule has 1 aromatic carbocycles. The summed E-state index contributed by atoms with van der Waals surface area (Å²) in [5.41, 5.74) is 0.893. The molecular weight excluding hydrogens is 290 g/mol. The Morgan fingerprint density at radius 2 is 2.26 bits per heavy atom. The Kier molecular flexibility index (Phi) is 4.47. The predicted molar refractivity (Wildman–Crippen MR) is 71.8 cm³/mol. The Labute approximate surface area is 117 Å². The van der Waals surface area contributed by atoms with Crippen LogP contribution in [-0.2, 0) is 14.8 Å². The Morgan fingerprint density at radius 1 is 1.53 bits per heavy atom. The molecule has 106 valence electrons. The van der Waals surface area contributed by atoms with Gasteiger partial charge in [0.05, 0.1) is 30.9 Å². The summed E-state index contributed by atoms with van der Waals surface area (Å²) < 4.78 is 31.6. The van der Waals surface area contributed by atoms with Crippen LogP contribution in [0.1, 0.15) is 5.56 Å². The molecule has 1 heterocycles. The molecule has 1 fully saturated rings. The largest absolute Gasteiger partial charge is 0.395 e. The highest BCUT2D eigenvalue weighted by Gasteiger charge is 2.34. The lowest BCUT2D eigenvalue weighted by atomic mass is 10.2. The van der Waals surface area contributed by atoms with E-state index in [1.807, 2.05) is 6.92 Å². The molecular formula is C12H16ClNO4S. The summed E-state index contributed by atoms with van der Waals surface area (Å²) >= 11 is 6.02. The van der Waals surface area contributed by atoms with Crippen LogP contribution >= 0.6 is 11.6 Å². The summed E-state index contributed by atoms with van der Waals surface area (Å²) in [6.07, 6.45) is 0. The fourth-order valence-corrected chi connectivity index (χ4v) is 4.20. The van der Waals surface area contributed by atoms with Crippen molar-refractivity contribution < 1.29 is 18.3 Å². The van der Waals surface area contributed by atoms with E-state index in [1.165, 1.54) is 10.4 Å². The summed E-state index contributed by atoms with van der Waals surface area (Å²) in [4.78, 5) is 0.0696. The molecule has 0 spiro atoms. The van der Waals surface area contributed by atoms with Gasteiger partial charge in [0.25, 0.3) is 0 Å². The summed E-state index contributed by atoms with van der Waals surface area (Å²) in [7, 11) is -3.71. The molecule has 0 amide bonds. The quantitative estimate of drug-likeness (QED) is 0.906. The number of rotatable bonds is 3. The van der Waals surface area contributed by atoms with E-state index >= 15 is 0 Å². The van der Waals surface area contributed by atoms with Gasteiger partial charge in [-0.2, -0.15) is 4.31 Å². The number of halogens is 1. The molecule has 0 aromatic heterocycles. The first-order chi connectivity index (χ1) is 8.96. The highest BCUT2D eigenvalue weighted by Crippen LogP contribution is 2.27. The van der Waals surface area contributed by atoms with E-state index < -0.39 is 16.1 Å². The number of sulfonamides is 1. The predicted octanol–water partition coefficient (Wildman–Crippen LogP) is 1.03. The molecule has 1 aliphatic rings. The van der Waals surface area contributed by atoms with Gasteiger partial charge in [-0.05, 0) is 24.6 Å². The third-order valence-electron chi connectivity index (χ3n) is 3.06. The molecule has 1 aliphatic heterocycles. The molecule has 0 radical (unpaired) electrons. The number of morpholine rings is 1. The number of hydrogen-bond donors (Lipinski definition) is 1. The van der Waals surface area contributed by atoms with Gasteiger partial charge in [0.2, 0.25) is 10.0 Å². The van der Waals surface area contributed by atoms with Crippen LogP contribution in [0, 0.1) is 6.92 Å². The lowest BCUT2D eigenvalue weighted by Crippen LogP contribution is -2.50. The standard InChI is InChI=1S/C12H16ClNO4S/c1-9-2-3-12(11(13)6-9)19(16,17)14-4-5-18-8-10(14)7-15/h2-3,6,10,15H,4-5,7-8H2,1H3. The van der Waals surface area contributed by atoms with Crippen LogP contribution in [0.25, 0.3) is 0 Å². The molecule has 7 heteroatoms. The van der Waals surface area contributed by atoms with Crippen LogP contribution in [0.2, 0.25) is 5.02 Å². The number of benzene rings is 1. The maximum Gasteiger partial charge on any atom is 0.245 e. The van der Waals surface area contributed by atoms with Crippen molar-refractivity contribution in [3.05, 3.63) is 28.8 Å². The zero-order valence-electron chi connectivity index (χ0n) is 10.5. The van der Waals surface area contributed by atoms with E-state index in [-0.39, 0.29) is 29.7 Å². The first kappa shape index (κ1) is 14.7. The monoisotopic (exact) mass is 305 g/mol. The lowest BCUT2D eigenvalue weighted by molar-refractivity contribution is 0.0109. The van der Waals surface area contributed by atoms with Gasteiger partial charge in [-0.3, -0.25) is 0 Å². The van der Waals surface area contributed by atoms with Gasteiger partial charge in [0, 0.05) is 6.54 Å².